The van der Waals surface area contributed by atoms with Gasteiger partial charge in [-0.3, -0.25) is 0 Å². The minimum atomic E-state index is -13.4. The maximum absolute atomic E-state index is 13.4. The number of halogens is 7. The van der Waals surface area contributed by atoms with Crippen molar-refractivity contribution >= 4 is 0 Å². The summed E-state index contributed by atoms with van der Waals surface area (Å²) < 4.78 is 69.6. The molecule has 0 aliphatic rings. The molecule has 3 nitrogen and oxygen atoms in total. The molecule has 0 aliphatic carbocycles. The van der Waals surface area contributed by atoms with Gasteiger partial charge >= 0.3 is 38.5 Å². The fourth-order valence-electron chi connectivity index (χ4n) is 0. The Kier molecular flexibility index (Phi) is 3.99. The van der Waals surface area contributed by atoms with Gasteiger partial charge in [-0.15, -0.1) is 0 Å². The number of rotatable bonds is 0. The van der Waals surface area contributed by atoms with Crippen LogP contribution in [0.5, 0.6) is 0 Å². The van der Waals surface area contributed by atoms with E-state index in [4.69, 9.17) is 0 Å². The molecule has 0 atom stereocenters. The van der Waals surface area contributed by atoms with Gasteiger partial charge in [0.1, 0.15) is 0 Å². The monoisotopic (exact) mass is 277 g/mol. The van der Waals surface area contributed by atoms with Crippen LogP contribution in [0.15, 0.2) is 0 Å². The van der Waals surface area contributed by atoms with Crippen LogP contribution in [0.3, 0.4) is 0 Å². The summed E-state index contributed by atoms with van der Waals surface area (Å²) in [6.45, 7) is 0. The third-order valence-electron chi connectivity index (χ3n) is 0. The molecule has 11 heteroatoms. The van der Waals surface area contributed by atoms with Crippen molar-refractivity contribution in [3.8, 4) is 0 Å². The molecule has 0 saturated heterocycles. The van der Waals surface area contributed by atoms with Crippen molar-refractivity contribution in [1.29, 1.82) is 0 Å². The van der Waals surface area contributed by atoms with Crippen LogP contribution in [0.1, 0.15) is 0 Å². The molecule has 0 aromatic rings. The molecule has 0 aliphatic heterocycles. The van der Waals surface area contributed by atoms with Crippen molar-refractivity contribution < 1.29 is 38.5 Å². The van der Waals surface area contributed by atoms with Crippen LogP contribution in [0, 0.1) is 0 Å². The fraction of sp³-hybridized carbons (Fsp3) is 0. The first-order valence-corrected chi connectivity index (χ1v) is 7.83. The molecule has 0 aromatic heterocycles. The Bertz CT molecular complexity index is 106. The van der Waals surface area contributed by atoms with Crippen LogP contribution in [0.25, 0.3) is 0 Å². The maximum atomic E-state index is 9.94. The fourth-order valence-corrected chi connectivity index (χ4v) is 0. The standard InChI is InChI=1S/7FH.3H3N.Zr/h7*1H;3*1H3;/q;;;;;;;;;;+4/p-4. The summed E-state index contributed by atoms with van der Waals surface area (Å²) in [5.74, 6) is 0. The summed E-state index contributed by atoms with van der Waals surface area (Å²) >= 11 is -13.4. The van der Waals surface area contributed by atoms with E-state index in [0.29, 0.717) is 0 Å². The van der Waals surface area contributed by atoms with Crippen LogP contribution in [0.2, 0.25) is 0 Å². The number of quaternary nitrogens is 3. The van der Waals surface area contributed by atoms with Gasteiger partial charge in [0.05, 0.1) is 0 Å². The van der Waals surface area contributed by atoms with E-state index in [1.165, 1.54) is 0 Å². The van der Waals surface area contributed by atoms with E-state index in [1.54, 1.807) is 0 Å². The first-order valence-electron chi connectivity index (χ1n) is 1.32. The zero-order valence-electron chi connectivity index (χ0n) is 6.15. The Labute approximate surface area is 57.5 Å². The zero-order valence-corrected chi connectivity index (χ0v) is 8.60. The van der Waals surface area contributed by atoms with Gasteiger partial charge in [0.25, 0.3) is 0 Å². The first kappa shape index (κ1) is 22.5. The third-order valence-corrected chi connectivity index (χ3v) is 0. The Morgan fingerprint density at radius 2 is 0.455 bits per heavy atom. The van der Waals surface area contributed by atoms with Gasteiger partial charge in [0.15, 0.2) is 0 Å². The first-order chi connectivity index (χ1) is 2.65. The molecule has 11 heavy (non-hydrogen) atoms. The summed E-state index contributed by atoms with van der Waals surface area (Å²) in [7, 11) is 0. The Hall–Kier alpha value is 0.273. The van der Waals surface area contributed by atoms with Crippen LogP contribution < -0.4 is 18.5 Å². The molecule has 0 spiro atoms. The van der Waals surface area contributed by atoms with E-state index in [0.717, 1.165) is 0 Å². The average molecular weight is 278 g/mol. The maximum Gasteiger partial charge on any atom is -0.369 e. The summed E-state index contributed by atoms with van der Waals surface area (Å²) in [5.41, 5.74) is 0. The van der Waals surface area contributed by atoms with E-state index in [1.807, 2.05) is 0 Å². The summed E-state index contributed by atoms with van der Waals surface area (Å²) in [6, 6.07) is 0. The van der Waals surface area contributed by atoms with Gasteiger partial charge < -0.3 is 18.5 Å². The van der Waals surface area contributed by atoms with E-state index in [9.17, 15) is 18.4 Å². The second kappa shape index (κ2) is 1.95. The minimum Gasteiger partial charge on any atom is -0.369 e. The molecule has 80 valence electrons. The molecule has 0 fully saturated rings. The van der Waals surface area contributed by atoms with Crippen molar-refractivity contribution in [3.05, 3.63) is 0 Å². The van der Waals surface area contributed by atoms with Crippen molar-refractivity contribution in [2.75, 3.05) is 0 Å². The predicted octanol–water partition coefficient (Wildman–Crippen LogP) is 4.07. The molecule has 0 amide bonds. The van der Waals surface area contributed by atoms with E-state index in [2.05, 4.69) is 0 Å². The molecule has 0 heterocycles. The second-order valence-corrected chi connectivity index (χ2v) is 8.87. The Morgan fingerprint density at radius 3 is 0.455 bits per heavy atom. The van der Waals surface area contributed by atoms with Gasteiger partial charge in [-0.25, -0.2) is 0 Å². The Morgan fingerprint density at radius 1 is 0.455 bits per heavy atom. The summed E-state index contributed by atoms with van der Waals surface area (Å²) in [6.07, 6.45) is 0. The zero-order chi connectivity index (χ0) is 7.38. The van der Waals surface area contributed by atoms with Crippen LogP contribution >= 0.6 is 0 Å². The molecule has 12 N–H and O–H groups in total. The van der Waals surface area contributed by atoms with Crippen molar-refractivity contribution in [2.24, 2.45) is 0 Å². The van der Waals surface area contributed by atoms with Crippen molar-refractivity contribution in [2.45, 2.75) is 0 Å². The van der Waals surface area contributed by atoms with E-state index in [-0.39, 0.29) is 18.5 Å². The molecular formula is H12F7N3Zr. The molecule has 0 radical (unpaired) electrons. The van der Waals surface area contributed by atoms with Gasteiger partial charge in [-0.2, -0.15) is 0 Å². The molecule has 0 bridgehead atoms. The largest absolute Gasteiger partial charge is 0.369 e. The van der Waals surface area contributed by atoms with Crippen LogP contribution in [-0.4, -0.2) is 0 Å². The minimum absolute atomic E-state index is 0. The van der Waals surface area contributed by atoms with Gasteiger partial charge in [0, 0.05) is 0 Å². The van der Waals surface area contributed by atoms with Crippen LogP contribution in [0.4, 0.5) is 18.4 Å². The van der Waals surface area contributed by atoms with Gasteiger partial charge in [-0.05, 0) is 0 Å². The quantitative estimate of drug-likeness (QED) is 0.555. The van der Waals surface area contributed by atoms with E-state index >= 15 is 0 Å². The van der Waals surface area contributed by atoms with Crippen molar-refractivity contribution in [3.63, 3.8) is 0 Å². The topological polar surface area (TPSA) is 110 Å². The Balaban J connectivity index is -0.0000000817. The van der Waals surface area contributed by atoms with Crippen LogP contribution in [-0.2, 0) is 20.1 Å². The van der Waals surface area contributed by atoms with Gasteiger partial charge in [-0.1, -0.05) is 0 Å². The SMILES string of the molecule is [F][Zr-3]([F])([F])([F])([F])([F])[F].[NH4+].[NH4+].[NH4+]. The summed E-state index contributed by atoms with van der Waals surface area (Å²) in [4.78, 5) is 0. The second-order valence-electron chi connectivity index (χ2n) is 1.50. The normalized spacial score (nSPS) is 19.7. The average Bonchev–Trinajstić information content (AvgIpc) is 0.544. The molecule has 0 unspecified atom stereocenters. The number of hydrogen-bond donors (Lipinski definition) is 3. The van der Waals surface area contributed by atoms with Gasteiger partial charge in [0.2, 0.25) is 0 Å². The predicted molar refractivity (Wildman–Crippen MR) is 25.7 cm³/mol. The van der Waals surface area contributed by atoms with E-state index < -0.39 is 20.1 Å². The molecule has 0 rings (SSSR count). The summed E-state index contributed by atoms with van der Waals surface area (Å²) in [5, 5.41) is 0. The molecular weight excluding hydrogens is 266 g/mol. The van der Waals surface area contributed by atoms with Crippen molar-refractivity contribution in [1.82, 2.24) is 18.5 Å². The number of hydrogen-bond acceptors (Lipinski definition) is 0. The third kappa shape index (κ3) is 9430. The molecule has 0 saturated carbocycles. The molecule has 0 aromatic carbocycles. The smallest absolute Gasteiger partial charge is 0.369 e.